The molecule has 5 nitrogen and oxygen atoms in total. The lowest BCUT2D eigenvalue weighted by Crippen LogP contribution is -2.35. The second-order valence-electron chi connectivity index (χ2n) is 4.99. The van der Waals surface area contributed by atoms with Gasteiger partial charge in [0.15, 0.2) is 6.61 Å². The number of carbonyl (C=O) groups excluding carboxylic acids is 2. The molecule has 0 N–H and O–H groups in total. The standard InChI is InChI=1S/C18H14Cl2N2O3/c19-13-7-8-16(20)15(11-13)18(24)25-12-17(23)22(10-4-9-21)14-5-2-1-3-6-14/h1-3,5-8,11H,4,10,12H2. The molecule has 0 saturated heterocycles. The van der Waals surface area contributed by atoms with E-state index in [2.05, 4.69) is 0 Å². The normalized spacial score (nSPS) is 9.96. The Morgan fingerprint density at radius 2 is 1.84 bits per heavy atom. The summed E-state index contributed by atoms with van der Waals surface area (Å²) in [5.41, 5.74) is 0.713. The first-order chi connectivity index (χ1) is 12.0. The summed E-state index contributed by atoms with van der Waals surface area (Å²) in [7, 11) is 0. The van der Waals surface area contributed by atoms with Gasteiger partial charge in [0.1, 0.15) is 0 Å². The van der Waals surface area contributed by atoms with E-state index >= 15 is 0 Å². The summed E-state index contributed by atoms with van der Waals surface area (Å²) in [6, 6.07) is 15.2. The fourth-order valence-electron chi connectivity index (χ4n) is 2.10. The maximum atomic E-state index is 12.4. The number of carbonyl (C=O) groups is 2. The summed E-state index contributed by atoms with van der Waals surface area (Å²) in [6.45, 7) is -0.267. The highest BCUT2D eigenvalue weighted by molar-refractivity contribution is 6.35. The van der Waals surface area contributed by atoms with E-state index in [1.165, 1.54) is 17.0 Å². The quantitative estimate of drug-likeness (QED) is 0.711. The zero-order valence-corrected chi connectivity index (χ0v) is 14.6. The number of anilines is 1. The summed E-state index contributed by atoms with van der Waals surface area (Å²) >= 11 is 11.8. The predicted molar refractivity (Wildman–Crippen MR) is 95.8 cm³/mol. The van der Waals surface area contributed by atoms with E-state index in [1.54, 1.807) is 30.3 Å². The summed E-state index contributed by atoms with van der Waals surface area (Å²) in [6.07, 6.45) is 0.161. The average Bonchev–Trinajstić information content (AvgIpc) is 2.63. The van der Waals surface area contributed by atoms with Crippen LogP contribution in [0.25, 0.3) is 0 Å². The fraction of sp³-hybridized carbons (Fsp3) is 0.167. The van der Waals surface area contributed by atoms with Crippen LogP contribution in [-0.2, 0) is 9.53 Å². The summed E-state index contributed by atoms with van der Waals surface area (Å²) in [5.74, 6) is -1.18. The molecule has 0 unspecified atom stereocenters. The Hall–Kier alpha value is -2.55. The van der Waals surface area contributed by atoms with Crippen molar-refractivity contribution >= 4 is 40.8 Å². The zero-order valence-electron chi connectivity index (χ0n) is 13.1. The van der Waals surface area contributed by atoms with Gasteiger partial charge in [-0.3, -0.25) is 4.79 Å². The Kier molecular flexibility index (Phi) is 6.81. The maximum absolute atomic E-state index is 12.4. The van der Waals surface area contributed by atoms with Crippen LogP contribution in [0.5, 0.6) is 0 Å². The van der Waals surface area contributed by atoms with E-state index in [4.69, 9.17) is 33.2 Å². The first-order valence-corrected chi connectivity index (χ1v) is 8.13. The topological polar surface area (TPSA) is 70.4 Å². The van der Waals surface area contributed by atoms with Crippen molar-refractivity contribution in [1.82, 2.24) is 0 Å². The first-order valence-electron chi connectivity index (χ1n) is 7.37. The number of rotatable bonds is 6. The third-order valence-electron chi connectivity index (χ3n) is 3.29. The van der Waals surface area contributed by atoms with E-state index < -0.39 is 18.5 Å². The molecule has 2 rings (SSSR count). The van der Waals surface area contributed by atoms with Crippen molar-refractivity contribution in [3.8, 4) is 6.07 Å². The SMILES string of the molecule is N#CCCN(C(=O)COC(=O)c1cc(Cl)ccc1Cl)c1ccccc1. The molecule has 0 saturated carbocycles. The number of esters is 1. The minimum Gasteiger partial charge on any atom is -0.452 e. The molecule has 0 heterocycles. The van der Waals surface area contributed by atoms with Gasteiger partial charge in [0.25, 0.3) is 5.91 Å². The molecule has 0 bridgehead atoms. The largest absolute Gasteiger partial charge is 0.452 e. The van der Waals surface area contributed by atoms with E-state index in [0.29, 0.717) is 10.7 Å². The average molecular weight is 377 g/mol. The van der Waals surface area contributed by atoms with Crippen LogP contribution in [0.1, 0.15) is 16.8 Å². The highest BCUT2D eigenvalue weighted by atomic mass is 35.5. The summed E-state index contributed by atoms with van der Waals surface area (Å²) in [4.78, 5) is 25.9. The van der Waals surface area contributed by atoms with Crippen molar-refractivity contribution in [2.24, 2.45) is 0 Å². The number of para-hydroxylation sites is 1. The molecular formula is C18H14Cl2N2O3. The molecule has 2 aromatic carbocycles. The van der Waals surface area contributed by atoms with Gasteiger partial charge in [-0.05, 0) is 30.3 Å². The first kappa shape index (κ1) is 18.8. The van der Waals surface area contributed by atoms with Crippen molar-refractivity contribution in [1.29, 1.82) is 5.26 Å². The maximum Gasteiger partial charge on any atom is 0.340 e. The molecule has 0 spiro atoms. The van der Waals surface area contributed by atoms with E-state index in [9.17, 15) is 9.59 Å². The van der Waals surface area contributed by atoms with E-state index in [0.717, 1.165) is 0 Å². The third-order valence-corrected chi connectivity index (χ3v) is 3.86. The van der Waals surface area contributed by atoms with Crippen molar-refractivity contribution in [2.45, 2.75) is 6.42 Å². The Labute approximate surface area is 155 Å². The molecule has 128 valence electrons. The van der Waals surface area contributed by atoms with E-state index in [-0.39, 0.29) is 23.6 Å². The number of nitriles is 1. The van der Waals surface area contributed by atoms with Crippen LogP contribution in [0.2, 0.25) is 10.0 Å². The Morgan fingerprint density at radius 1 is 1.12 bits per heavy atom. The number of hydrogen-bond donors (Lipinski definition) is 0. The van der Waals surface area contributed by atoms with Crippen LogP contribution < -0.4 is 4.90 Å². The molecule has 0 radical (unpaired) electrons. The van der Waals surface area contributed by atoms with E-state index in [1.807, 2.05) is 12.1 Å². The molecule has 0 atom stereocenters. The molecule has 7 heteroatoms. The molecule has 0 aliphatic rings. The number of ether oxygens (including phenoxy) is 1. The van der Waals surface area contributed by atoms with Gasteiger partial charge in [-0.1, -0.05) is 41.4 Å². The van der Waals surface area contributed by atoms with Crippen LogP contribution in [0.4, 0.5) is 5.69 Å². The Morgan fingerprint density at radius 3 is 2.52 bits per heavy atom. The summed E-state index contributed by atoms with van der Waals surface area (Å²) < 4.78 is 5.05. The highest BCUT2D eigenvalue weighted by Gasteiger charge is 2.19. The molecule has 0 aliphatic heterocycles. The fourth-order valence-corrected chi connectivity index (χ4v) is 2.47. The lowest BCUT2D eigenvalue weighted by Gasteiger charge is -2.21. The van der Waals surface area contributed by atoms with Crippen LogP contribution in [0.3, 0.4) is 0 Å². The number of nitrogens with zero attached hydrogens (tertiary/aromatic N) is 2. The molecule has 25 heavy (non-hydrogen) atoms. The van der Waals surface area contributed by atoms with Crippen molar-refractivity contribution in [2.75, 3.05) is 18.1 Å². The van der Waals surface area contributed by atoms with Gasteiger partial charge in [-0.2, -0.15) is 5.26 Å². The van der Waals surface area contributed by atoms with Gasteiger partial charge in [0.05, 0.1) is 23.1 Å². The van der Waals surface area contributed by atoms with Crippen LogP contribution in [0, 0.1) is 11.3 Å². The molecule has 0 fully saturated rings. The molecule has 2 aromatic rings. The van der Waals surface area contributed by atoms with Gasteiger partial charge < -0.3 is 9.64 Å². The van der Waals surface area contributed by atoms with Gasteiger partial charge >= 0.3 is 5.97 Å². The molecular weight excluding hydrogens is 363 g/mol. The number of amides is 1. The van der Waals surface area contributed by atoms with Crippen molar-refractivity contribution < 1.29 is 14.3 Å². The second-order valence-corrected chi connectivity index (χ2v) is 5.83. The number of hydrogen-bond acceptors (Lipinski definition) is 4. The summed E-state index contributed by atoms with van der Waals surface area (Å²) in [5, 5.41) is 9.29. The Bertz CT molecular complexity index is 804. The van der Waals surface area contributed by atoms with Crippen LogP contribution in [-0.4, -0.2) is 25.0 Å². The molecule has 1 amide bonds. The second kappa shape index (κ2) is 9.07. The van der Waals surface area contributed by atoms with Gasteiger partial charge in [0, 0.05) is 17.3 Å². The highest BCUT2D eigenvalue weighted by Crippen LogP contribution is 2.21. The zero-order chi connectivity index (χ0) is 18.2. The molecule has 0 aliphatic carbocycles. The van der Waals surface area contributed by atoms with Crippen LogP contribution in [0.15, 0.2) is 48.5 Å². The predicted octanol–water partition coefficient (Wildman–Crippen LogP) is 4.10. The van der Waals surface area contributed by atoms with Gasteiger partial charge in [-0.25, -0.2) is 4.79 Å². The van der Waals surface area contributed by atoms with Crippen LogP contribution >= 0.6 is 23.2 Å². The lowest BCUT2D eigenvalue weighted by molar-refractivity contribution is -0.121. The van der Waals surface area contributed by atoms with Crippen molar-refractivity contribution in [3.63, 3.8) is 0 Å². The Balaban J connectivity index is 2.07. The smallest absolute Gasteiger partial charge is 0.340 e. The number of halogens is 2. The molecule has 0 aromatic heterocycles. The monoisotopic (exact) mass is 376 g/mol. The van der Waals surface area contributed by atoms with Crippen molar-refractivity contribution in [3.05, 3.63) is 64.1 Å². The third kappa shape index (κ3) is 5.21. The van der Waals surface area contributed by atoms with Gasteiger partial charge in [0.2, 0.25) is 0 Å². The van der Waals surface area contributed by atoms with Gasteiger partial charge in [-0.15, -0.1) is 0 Å². The number of benzene rings is 2. The lowest BCUT2D eigenvalue weighted by atomic mass is 10.2. The minimum absolute atomic E-state index is 0.0882. The minimum atomic E-state index is -0.742.